The van der Waals surface area contributed by atoms with E-state index in [1.54, 1.807) is 6.07 Å². The molecule has 1 atom stereocenters. The van der Waals surface area contributed by atoms with Crippen LogP contribution in [-0.2, 0) is 6.54 Å². The number of rotatable bonds is 2. The van der Waals surface area contributed by atoms with Crippen LogP contribution < -0.4 is 5.32 Å². The molecule has 0 saturated carbocycles. The first-order valence-corrected chi connectivity index (χ1v) is 7.33. The van der Waals surface area contributed by atoms with Gasteiger partial charge in [-0.05, 0) is 65.0 Å². The molecule has 0 aliphatic carbocycles. The minimum atomic E-state index is -0.184. The molecule has 0 bridgehead atoms. The third-order valence-electron chi connectivity index (χ3n) is 4.24. The number of likely N-dealkylation sites (tertiary alicyclic amines) is 1. The smallest absolute Gasteiger partial charge is 0.137 e. The summed E-state index contributed by atoms with van der Waals surface area (Å²) >= 11 is 3.25. The number of hydrogen-bond acceptors (Lipinski definition) is 2. The van der Waals surface area contributed by atoms with Crippen molar-refractivity contribution in [2.24, 2.45) is 5.41 Å². The van der Waals surface area contributed by atoms with Gasteiger partial charge in [0.15, 0.2) is 0 Å². The molecule has 2 saturated heterocycles. The summed E-state index contributed by atoms with van der Waals surface area (Å²) in [5, 5.41) is 3.47. The van der Waals surface area contributed by atoms with Crippen molar-refractivity contribution in [3.63, 3.8) is 0 Å². The van der Waals surface area contributed by atoms with Gasteiger partial charge in [0.05, 0.1) is 4.47 Å². The monoisotopic (exact) mass is 348 g/mol. The van der Waals surface area contributed by atoms with E-state index in [4.69, 9.17) is 0 Å². The molecule has 2 fully saturated rings. The molecule has 1 N–H and O–H groups in total. The zero-order valence-corrected chi connectivity index (χ0v) is 13.2. The lowest BCUT2D eigenvalue weighted by molar-refractivity contribution is 0.268. The first kappa shape index (κ1) is 15.2. The highest BCUT2D eigenvalue weighted by atomic mass is 79.9. The normalized spacial score (nSPS) is 26.8. The maximum atomic E-state index is 13.2. The Bertz CT molecular complexity index is 449. The van der Waals surface area contributed by atoms with Crippen molar-refractivity contribution >= 4 is 28.3 Å². The Labute approximate surface area is 128 Å². The summed E-state index contributed by atoms with van der Waals surface area (Å²) in [5.74, 6) is -0.184. The van der Waals surface area contributed by atoms with Gasteiger partial charge in [0.1, 0.15) is 5.82 Å². The predicted octanol–water partition coefficient (Wildman–Crippen LogP) is 3.20. The van der Waals surface area contributed by atoms with E-state index in [0.29, 0.717) is 9.89 Å². The number of nitrogens with one attached hydrogen (secondary N) is 1. The van der Waals surface area contributed by atoms with Gasteiger partial charge in [-0.15, -0.1) is 12.4 Å². The summed E-state index contributed by atoms with van der Waals surface area (Å²) in [6.07, 6.45) is 2.60. The van der Waals surface area contributed by atoms with E-state index in [2.05, 4.69) is 26.1 Å². The summed E-state index contributed by atoms with van der Waals surface area (Å²) in [6, 6.07) is 5.33. The first-order chi connectivity index (χ1) is 8.67. The molecule has 2 aliphatic rings. The number of halogens is 3. The second-order valence-electron chi connectivity index (χ2n) is 5.64. The highest BCUT2D eigenvalue weighted by Gasteiger charge is 2.39. The molecule has 2 heterocycles. The molecule has 1 spiro atoms. The van der Waals surface area contributed by atoms with Crippen molar-refractivity contribution in [3.8, 4) is 0 Å². The molecule has 0 amide bonds. The van der Waals surface area contributed by atoms with Crippen LogP contribution in [0.15, 0.2) is 22.7 Å². The lowest BCUT2D eigenvalue weighted by Gasteiger charge is -2.22. The van der Waals surface area contributed by atoms with Gasteiger partial charge in [0, 0.05) is 19.6 Å². The second kappa shape index (κ2) is 6.08. The van der Waals surface area contributed by atoms with Crippen molar-refractivity contribution in [1.29, 1.82) is 0 Å². The van der Waals surface area contributed by atoms with Crippen molar-refractivity contribution in [2.45, 2.75) is 19.4 Å². The standard InChI is InChI=1S/C14H18BrFN2.ClH/c15-12-7-11(1-2-13(12)16)8-18-6-4-14(10-18)3-5-17-9-14;/h1-2,7,17H,3-6,8-10H2;1H. The molecule has 3 rings (SSSR count). The fourth-order valence-electron chi connectivity index (χ4n) is 3.20. The zero-order valence-electron chi connectivity index (χ0n) is 10.8. The highest BCUT2D eigenvalue weighted by molar-refractivity contribution is 9.10. The molecule has 2 nitrogen and oxygen atoms in total. The summed E-state index contributed by atoms with van der Waals surface area (Å²) in [4.78, 5) is 2.49. The number of nitrogens with zero attached hydrogens (tertiary/aromatic N) is 1. The molecule has 0 radical (unpaired) electrons. The van der Waals surface area contributed by atoms with E-state index in [-0.39, 0.29) is 18.2 Å². The fraction of sp³-hybridized carbons (Fsp3) is 0.571. The fourth-order valence-corrected chi connectivity index (χ4v) is 3.63. The van der Waals surface area contributed by atoms with Gasteiger partial charge in [-0.25, -0.2) is 4.39 Å². The largest absolute Gasteiger partial charge is 0.316 e. The molecule has 19 heavy (non-hydrogen) atoms. The molecule has 2 aliphatic heterocycles. The first-order valence-electron chi connectivity index (χ1n) is 6.54. The average molecular weight is 350 g/mol. The van der Waals surface area contributed by atoms with Crippen molar-refractivity contribution in [1.82, 2.24) is 10.2 Å². The van der Waals surface area contributed by atoms with Gasteiger partial charge in [0.25, 0.3) is 0 Å². The SMILES string of the molecule is Cl.Fc1ccc(CN2CCC3(CCNC3)C2)cc1Br. The highest BCUT2D eigenvalue weighted by Crippen LogP contribution is 2.36. The molecule has 1 aromatic carbocycles. The third-order valence-corrected chi connectivity index (χ3v) is 4.85. The van der Waals surface area contributed by atoms with Crippen molar-refractivity contribution in [2.75, 3.05) is 26.2 Å². The van der Waals surface area contributed by atoms with Crippen LogP contribution in [0, 0.1) is 11.2 Å². The van der Waals surface area contributed by atoms with Gasteiger partial charge in [-0.3, -0.25) is 4.90 Å². The summed E-state index contributed by atoms with van der Waals surface area (Å²) in [5.41, 5.74) is 1.70. The van der Waals surface area contributed by atoms with Crippen molar-refractivity contribution in [3.05, 3.63) is 34.1 Å². The van der Waals surface area contributed by atoms with Crippen LogP contribution in [0.2, 0.25) is 0 Å². The summed E-state index contributed by atoms with van der Waals surface area (Å²) < 4.78 is 13.8. The topological polar surface area (TPSA) is 15.3 Å². The van der Waals surface area contributed by atoms with E-state index in [1.165, 1.54) is 24.9 Å². The quantitative estimate of drug-likeness (QED) is 0.882. The molecule has 1 unspecified atom stereocenters. The van der Waals surface area contributed by atoms with Crippen LogP contribution >= 0.6 is 28.3 Å². The number of benzene rings is 1. The van der Waals surface area contributed by atoms with Crippen LogP contribution in [0.3, 0.4) is 0 Å². The van der Waals surface area contributed by atoms with Crippen LogP contribution in [0.1, 0.15) is 18.4 Å². The van der Waals surface area contributed by atoms with Gasteiger partial charge in [-0.2, -0.15) is 0 Å². The predicted molar refractivity (Wildman–Crippen MR) is 81.2 cm³/mol. The lowest BCUT2D eigenvalue weighted by Crippen LogP contribution is -2.28. The third kappa shape index (κ3) is 3.30. The Balaban J connectivity index is 0.00000133. The zero-order chi connectivity index (χ0) is 12.6. The van der Waals surface area contributed by atoms with Crippen LogP contribution in [-0.4, -0.2) is 31.1 Å². The van der Waals surface area contributed by atoms with Gasteiger partial charge in [0.2, 0.25) is 0 Å². The Morgan fingerprint density at radius 3 is 2.89 bits per heavy atom. The Morgan fingerprint density at radius 2 is 2.21 bits per heavy atom. The average Bonchev–Trinajstić information content (AvgIpc) is 2.96. The Morgan fingerprint density at radius 1 is 1.37 bits per heavy atom. The summed E-state index contributed by atoms with van der Waals surface area (Å²) in [7, 11) is 0. The molecule has 106 valence electrons. The van der Waals surface area contributed by atoms with Gasteiger partial charge >= 0.3 is 0 Å². The van der Waals surface area contributed by atoms with Crippen molar-refractivity contribution < 1.29 is 4.39 Å². The maximum Gasteiger partial charge on any atom is 0.137 e. The van der Waals surface area contributed by atoms with Gasteiger partial charge in [-0.1, -0.05) is 6.07 Å². The number of hydrogen-bond donors (Lipinski definition) is 1. The lowest BCUT2D eigenvalue weighted by atomic mass is 9.86. The van der Waals surface area contributed by atoms with Crippen LogP contribution in [0.25, 0.3) is 0 Å². The molecular weight excluding hydrogens is 331 g/mol. The minimum Gasteiger partial charge on any atom is -0.316 e. The van der Waals surface area contributed by atoms with E-state index in [0.717, 1.165) is 26.2 Å². The maximum absolute atomic E-state index is 13.2. The minimum absolute atomic E-state index is 0. The van der Waals surface area contributed by atoms with E-state index < -0.39 is 0 Å². The molecule has 0 aromatic heterocycles. The molecule has 5 heteroatoms. The summed E-state index contributed by atoms with van der Waals surface area (Å²) in [6.45, 7) is 5.60. The van der Waals surface area contributed by atoms with Crippen LogP contribution in [0.4, 0.5) is 4.39 Å². The van der Waals surface area contributed by atoms with Gasteiger partial charge < -0.3 is 5.32 Å². The van der Waals surface area contributed by atoms with E-state index >= 15 is 0 Å². The van der Waals surface area contributed by atoms with Crippen LogP contribution in [0.5, 0.6) is 0 Å². The van der Waals surface area contributed by atoms with E-state index in [1.807, 2.05) is 12.1 Å². The Kier molecular flexibility index (Phi) is 4.88. The van der Waals surface area contributed by atoms with E-state index in [9.17, 15) is 4.39 Å². The molecule has 1 aromatic rings. The Hall–Kier alpha value is -0.160. The molecular formula is C14H19BrClFN2. The second-order valence-corrected chi connectivity index (χ2v) is 6.49.